The maximum Gasteiger partial charge on any atom is 0.224 e. The van der Waals surface area contributed by atoms with Crippen LogP contribution < -0.4 is 16.0 Å². The predicted octanol–water partition coefficient (Wildman–Crippen LogP) is 2.40. The van der Waals surface area contributed by atoms with Gasteiger partial charge in [0.2, 0.25) is 5.88 Å². The molecule has 7 heteroatoms. The third kappa shape index (κ3) is 3.14. The highest BCUT2D eigenvalue weighted by atomic mass is 19.1. The van der Waals surface area contributed by atoms with Gasteiger partial charge in [0, 0.05) is 18.6 Å². The van der Waals surface area contributed by atoms with Crippen molar-refractivity contribution in [2.45, 2.75) is 13.3 Å². The molecule has 1 aromatic carbocycles. The number of benzene rings is 1. The molecule has 0 bridgehead atoms. The number of nitrogen functional groups attached to an aromatic ring is 1. The summed E-state index contributed by atoms with van der Waals surface area (Å²) in [5.41, 5.74) is 2.37. The van der Waals surface area contributed by atoms with Crippen molar-refractivity contribution >= 4 is 5.82 Å². The summed E-state index contributed by atoms with van der Waals surface area (Å²) >= 11 is 0. The lowest BCUT2D eigenvalue weighted by atomic mass is 10.3. The molecular weight excluding hydrogens is 254 g/mol. The maximum absolute atomic E-state index is 13.5. The monoisotopic (exact) mass is 266 g/mol. The van der Waals surface area contributed by atoms with Gasteiger partial charge in [-0.3, -0.25) is 0 Å². The smallest absolute Gasteiger partial charge is 0.224 e. The van der Waals surface area contributed by atoms with Gasteiger partial charge in [-0.15, -0.1) is 0 Å². The van der Waals surface area contributed by atoms with E-state index in [9.17, 15) is 8.78 Å². The zero-order chi connectivity index (χ0) is 13.8. The predicted molar refractivity (Wildman–Crippen MR) is 65.7 cm³/mol. The molecule has 0 atom stereocenters. The van der Waals surface area contributed by atoms with E-state index >= 15 is 0 Å². The van der Waals surface area contributed by atoms with Gasteiger partial charge in [-0.25, -0.2) is 19.6 Å². The molecule has 100 valence electrons. The van der Waals surface area contributed by atoms with Crippen LogP contribution in [0.5, 0.6) is 11.6 Å². The summed E-state index contributed by atoms with van der Waals surface area (Å²) < 4.78 is 31.5. The van der Waals surface area contributed by atoms with Gasteiger partial charge < -0.3 is 10.2 Å². The summed E-state index contributed by atoms with van der Waals surface area (Å²) in [4.78, 5) is 8.14. The number of halogens is 2. The second-order valence-electron chi connectivity index (χ2n) is 3.68. The van der Waals surface area contributed by atoms with Crippen LogP contribution in [0.1, 0.15) is 12.7 Å². The van der Waals surface area contributed by atoms with Crippen molar-refractivity contribution in [2.24, 2.45) is 5.84 Å². The Hall–Kier alpha value is -2.28. The molecule has 19 heavy (non-hydrogen) atoms. The van der Waals surface area contributed by atoms with Gasteiger partial charge in [0.25, 0.3) is 0 Å². The number of hydrogen-bond donors (Lipinski definition) is 2. The Labute approximate surface area is 108 Å². The van der Waals surface area contributed by atoms with E-state index in [4.69, 9.17) is 10.6 Å². The highest BCUT2D eigenvalue weighted by Crippen LogP contribution is 2.24. The van der Waals surface area contributed by atoms with Crippen LogP contribution in [0.3, 0.4) is 0 Å². The molecule has 0 aliphatic carbocycles. The first-order chi connectivity index (χ1) is 9.12. The first kappa shape index (κ1) is 13.2. The van der Waals surface area contributed by atoms with E-state index in [1.807, 2.05) is 6.92 Å². The number of hydrazine groups is 1. The van der Waals surface area contributed by atoms with E-state index in [1.165, 1.54) is 12.1 Å². The zero-order valence-electron chi connectivity index (χ0n) is 10.2. The molecule has 0 radical (unpaired) electrons. The molecule has 0 fully saturated rings. The first-order valence-corrected chi connectivity index (χ1v) is 5.60. The second-order valence-corrected chi connectivity index (χ2v) is 3.68. The van der Waals surface area contributed by atoms with Crippen molar-refractivity contribution < 1.29 is 13.5 Å². The number of hydrogen-bond acceptors (Lipinski definition) is 5. The Balaban J connectivity index is 2.31. The lowest BCUT2D eigenvalue weighted by Crippen LogP contribution is -2.10. The largest absolute Gasteiger partial charge is 0.436 e. The normalized spacial score (nSPS) is 10.3. The molecule has 0 aliphatic rings. The van der Waals surface area contributed by atoms with Crippen LogP contribution in [-0.2, 0) is 6.42 Å². The van der Waals surface area contributed by atoms with Crippen molar-refractivity contribution in [1.29, 1.82) is 0 Å². The van der Waals surface area contributed by atoms with Crippen molar-refractivity contribution in [1.82, 2.24) is 9.97 Å². The average Bonchev–Trinajstić information content (AvgIpc) is 2.41. The van der Waals surface area contributed by atoms with Crippen LogP contribution in [-0.4, -0.2) is 9.97 Å². The molecule has 2 rings (SSSR count). The van der Waals surface area contributed by atoms with E-state index in [-0.39, 0.29) is 11.6 Å². The molecule has 1 heterocycles. The van der Waals surface area contributed by atoms with Gasteiger partial charge in [-0.1, -0.05) is 6.92 Å². The zero-order valence-corrected chi connectivity index (χ0v) is 10.2. The summed E-state index contributed by atoms with van der Waals surface area (Å²) in [6, 6.07) is 4.44. The van der Waals surface area contributed by atoms with Crippen LogP contribution in [0.2, 0.25) is 0 Å². The molecule has 0 spiro atoms. The molecule has 0 unspecified atom stereocenters. The SMILES string of the molecule is CCc1nc(NN)cc(Oc2ccc(F)cc2F)n1. The molecule has 0 amide bonds. The fourth-order valence-corrected chi connectivity index (χ4v) is 1.43. The summed E-state index contributed by atoms with van der Waals surface area (Å²) in [6.45, 7) is 1.86. The summed E-state index contributed by atoms with van der Waals surface area (Å²) in [6.07, 6.45) is 0.567. The maximum atomic E-state index is 13.5. The topological polar surface area (TPSA) is 73.1 Å². The standard InChI is InChI=1S/C12H12F2N4O/c1-2-10-16-11(18-15)6-12(17-10)19-9-4-3-7(13)5-8(9)14/h3-6H,2,15H2,1H3,(H,16,17,18). The average molecular weight is 266 g/mol. The fourth-order valence-electron chi connectivity index (χ4n) is 1.43. The summed E-state index contributed by atoms with van der Waals surface area (Å²) in [5.74, 6) is 4.64. The third-order valence-corrected chi connectivity index (χ3v) is 2.32. The quantitative estimate of drug-likeness (QED) is 0.656. The fraction of sp³-hybridized carbons (Fsp3) is 0.167. The third-order valence-electron chi connectivity index (χ3n) is 2.32. The Morgan fingerprint density at radius 2 is 2.05 bits per heavy atom. The molecule has 3 N–H and O–H groups in total. The highest BCUT2D eigenvalue weighted by Gasteiger charge is 2.09. The molecule has 0 saturated heterocycles. The van der Waals surface area contributed by atoms with E-state index in [0.717, 1.165) is 12.1 Å². The first-order valence-electron chi connectivity index (χ1n) is 5.60. The number of anilines is 1. The van der Waals surface area contributed by atoms with Crippen LogP contribution >= 0.6 is 0 Å². The molecule has 5 nitrogen and oxygen atoms in total. The number of aryl methyl sites for hydroxylation is 1. The minimum Gasteiger partial charge on any atom is -0.436 e. The van der Waals surface area contributed by atoms with Gasteiger partial charge in [0.1, 0.15) is 17.5 Å². The van der Waals surface area contributed by atoms with Crippen LogP contribution in [0.15, 0.2) is 24.3 Å². The Kier molecular flexibility index (Phi) is 3.86. The van der Waals surface area contributed by atoms with E-state index < -0.39 is 11.6 Å². The highest BCUT2D eigenvalue weighted by molar-refractivity contribution is 5.39. The Morgan fingerprint density at radius 3 is 2.68 bits per heavy atom. The minimum absolute atomic E-state index is 0.120. The molecular formula is C12H12F2N4O. The van der Waals surface area contributed by atoms with E-state index in [1.54, 1.807) is 0 Å². The minimum atomic E-state index is -0.807. The number of ether oxygens (including phenoxy) is 1. The number of nitrogens with zero attached hydrogens (tertiary/aromatic N) is 2. The number of rotatable bonds is 4. The number of nitrogens with one attached hydrogen (secondary N) is 1. The van der Waals surface area contributed by atoms with Crippen molar-refractivity contribution in [3.05, 3.63) is 41.7 Å². The van der Waals surface area contributed by atoms with Gasteiger partial charge in [0.15, 0.2) is 11.6 Å². The lowest BCUT2D eigenvalue weighted by Gasteiger charge is -2.08. The Morgan fingerprint density at radius 1 is 1.26 bits per heavy atom. The van der Waals surface area contributed by atoms with Crippen molar-refractivity contribution in [2.75, 3.05) is 5.43 Å². The van der Waals surface area contributed by atoms with Gasteiger partial charge in [-0.2, -0.15) is 4.98 Å². The van der Waals surface area contributed by atoms with E-state index in [0.29, 0.717) is 18.1 Å². The molecule has 0 aliphatic heterocycles. The van der Waals surface area contributed by atoms with Crippen LogP contribution in [0, 0.1) is 11.6 Å². The molecule has 2 aromatic rings. The van der Waals surface area contributed by atoms with Gasteiger partial charge in [-0.05, 0) is 12.1 Å². The van der Waals surface area contributed by atoms with Gasteiger partial charge in [0.05, 0.1) is 0 Å². The summed E-state index contributed by atoms with van der Waals surface area (Å²) in [7, 11) is 0. The number of aromatic nitrogens is 2. The van der Waals surface area contributed by atoms with Crippen molar-refractivity contribution in [3.8, 4) is 11.6 Å². The second kappa shape index (κ2) is 5.57. The number of nitrogens with two attached hydrogens (primary N) is 1. The molecule has 1 aromatic heterocycles. The van der Waals surface area contributed by atoms with Gasteiger partial charge >= 0.3 is 0 Å². The van der Waals surface area contributed by atoms with Crippen molar-refractivity contribution in [3.63, 3.8) is 0 Å². The van der Waals surface area contributed by atoms with Crippen LogP contribution in [0.4, 0.5) is 14.6 Å². The summed E-state index contributed by atoms with van der Waals surface area (Å²) in [5, 5.41) is 0. The lowest BCUT2D eigenvalue weighted by molar-refractivity contribution is 0.421. The van der Waals surface area contributed by atoms with Crippen LogP contribution in [0.25, 0.3) is 0 Å². The molecule has 0 saturated carbocycles. The van der Waals surface area contributed by atoms with E-state index in [2.05, 4.69) is 15.4 Å². The Bertz CT molecular complexity index is 570.